The van der Waals surface area contributed by atoms with Gasteiger partial charge < -0.3 is 10.4 Å². The van der Waals surface area contributed by atoms with Gasteiger partial charge in [0.05, 0.1) is 18.7 Å². The number of aryl methyl sites for hydroxylation is 1. The first-order chi connectivity index (χ1) is 13.3. The first-order valence-electron chi connectivity index (χ1n) is 9.21. The average Bonchev–Trinajstić information content (AvgIpc) is 3.09. The number of halogens is 2. The number of carbonyl (C=O) groups is 2. The van der Waals surface area contributed by atoms with Gasteiger partial charge >= 0.3 is 5.97 Å². The molecule has 28 heavy (non-hydrogen) atoms. The molecular weight excluding hydrogens is 370 g/mol. The zero-order valence-electron chi connectivity index (χ0n) is 15.0. The van der Waals surface area contributed by atoms with Gasteiger partial charge in [-0.3, -0.25) is 9.59 Å². The highest BCUT2D eigenvalue weighted by atomic mass is 19.3. The molecule has 2 N–H and O–H groups in total. The van der Waals surface area contributed by atoms with Crippen molar-refractivity contribution in [3.63, 3.8) is 0 Å². The number of carboxylic acids is 1. The zero-order chi connectivity index (χ0) is 19.9. The maximum Gasteiger partial charge on any atom is 0.303 e. The molecule has 0 bridgehead atoms. The van der Waals surface area contributed by atoms with Crippen molar-refractivity contribution < 1.29 is 23.5 Å². The Hall–Kier alpha value is -2.84. The molecular formula is C19H20F2N4O3. The van der Waals surface area contributed by atoms with Gasteiger partial charge in [0.2, 0.25) is 0 Å². The van der Waals surface area contributed by atoms with Crippen molar-refractivity contribution in [2.45, 2.75) is 44.2 Å². The number of alkyl halides is 2. The van der Waals surface area contributed by atoms with Gasteiger partial charge in [-0.25, -0.2) is 13.5 Å². The molecule has 1 heterocycles. The van der Waals surface area contributed by atoms with Crippen LogP contribution in [0.25, 0.3) is 0 Å². The van der Waals surface area contributed by atoms with E-state index in [1.54, 1.807) is 35.1 Å². The number of amides is 1. The summed E-state index contributed by atoms with van der Waals surface area (Å²) in [6, 6.07) is 6.80. The molecule has 0 saturated heterocycles. The van der Waals surface area contributed by atoms with E-state index in [1.807, 2.05) is 0 Å². The number of benzene rings is 1. The summed E-state index contributed by atoms with van der Waals surface area (Å²) in [4.78, 5) is 22.9. The molecule has 2 fully saturated rings. The van der Waals surface area contributed by atoms with Crippen LogP contribution in [0.4, 0.5) is 8.78 Å². The highest BCUT2D eigenvalue weighted by Crippen LogP contribution is 2.63. The van der Waals surface area contributed by atoms with Gasteiger partial charge in [0, 0.05) is 36.1 Å². The molecule has 1 unspecified atom stereocenters. The topological polar surface area (TPSA) is 97.1 Å². The molecule has 2 aliphatic carbocycles. The number of hydrogen-bond acceptors (Lipinski definition) is 4. The minimum absolute atomic E-state index is 0.00261. The number of carbonyl (C=O) groups excluding carboxylic acids is 1. The summed E-state index contributed by atoms with van der Waals surface area (Å²) in [6.45, 7) is 0.447. The molecule has 0 spiro atoms. The van der Waals surface area contributed by atoms with Crippen LogP contribution >= 0.6 is 0 Å². The number of aromatic nitrogens is 3. The molecule has 3 atom stereocenters. The molecule has 2 aliphatic rings. The summed E-state index contributed by atoms with van der Waals surface area (Å²) in [5.74, 6) is -4.80. The third-order valence-electron chi connectivity index (χ3n) is 5.52. The molecule has 2 saturated carbocycles. The summed E-state index contributed by atoms with van der Waals surface area (Å²) < 4.78 is 28.1. The quantitative estimate of drug-likeness (QED) is 0.755. The first kappa shape index (κ1) is 18.5. The van der Waals surface area contributed by atoms with Gasteiger partial charge in [-0.2, -0.15) is 0 Å². The number of aliphatic carboxylic acids is 1. The van der Waals surface area contributed by atoms with E-state index < -0.39 is 23.7 Å². The van der Waals surface area contributed by atoms with Crippen molar-refractivity contribution in [3.8, 4) is 0 Å². The Morgan fingerprint density at radius 3 is 2.54 bits per heavy atom. The smallest absolute Gasteiger partial charge is 0.303 e. The van der Waals surface area contributed by atoms with Crippen LogP contribution in [0.1, 0.15) is 40.9 Å². The molecule has 9 heteroatoms. The lowest BCUT2D eigenvalue weighted by atomic mass is 10.1. The van der Waals surface area contributed by atoms with Gasteiger partial charge in [0.25, 0.3) is 11.8 Å². The second-order valence-electron chi connectivity index (χ2n) is 7.53. The lowest BCUT2D eigenvalue weighted by Crippen LogP contribution is -2.35. The normalized spacial score (nSPS) is 24.6. The second-order valence-corrected chi connectivity index (χ2v) is 7.53. The number of nitrogens with one attached hydrogen (secondary N) is 1. The van der Waals surface area contributed by atoms with Crippen LogP contribution in [0.3, 0.4) is 0 Å². The zero-order valence-corrected chi connectivity index (χ0v) is 15.0. The van der Waals surface area contributed by atoms with Crippen molar-refractivity contribution >= 4 is 11.9 Å². The molecule has 1 amide bonds. The highest BCUT2D eigenvalue weighted by Gasteiger charge is 2.71. The van der Waals surface area contributed by atoms with Gasteiger partial charge in [-0.15, -0.1) is 5.10 Å². The van der Waals surface area contributed by atoms with E-state index in [1.165, 1.54) is 0 Å². The summed E-state index contributed by atoms with van der Waals surface area (Å²) in [5, 5.41) is 19.4. The van der Waals surface area contributed by atoms with Crippen LogP contribution in [0.15, 0.2) is 30.5 Å². The molecule has 4 rings (SSSR count). The molecule has 1 aromatic heterocycles. The van der Waals surface area contributed by atoms with E-state index in [2.05, 4.69) is 15.6 Å². The monoisotopic (exact) mass is 390 g/mol. The van der Waals surface area contributed by atoms with Gasteiger partial charge in [-0.05, 0) is 30.5 Å². The maximum atomic E-state index is 13.2. The highest BCUT2D eigenvalue weighted by molar-refractivity contribution is 5.94. The second kappa shape index (κ2) is 6.96. The first-order valence-corrected chi connectivity index (χ1v) is 9.21. The van der Waals surface area contributed by atoms with Gasteiger partial charge in [0.1, 0.15) is 0 Å². The predicted octanol–water partition coefficient (Wildman–Crippen LogP) is 2.12. The van der Waals surface area contributed by atoms with Crippen molar-refractivity contribution in [1.82, 2.24) is 20.3 Å². The Morgan fingerprint density at radius 1 is 1.21 bits per heavy atom. The van der Waals surface area contributed by atoms with Crippen LogP contribution in [0.5, 0.6) is 0 Å². The van der Waals surface area contributed by atoms with Gasteiger partial charge in [-0.1, -0.05) is 17.3 Å². The lowest BCUT2D eigenvalue weighted by molar-refractivity contribution is -0.136. The van der Waals surface area contributed by atoms with Crippen LogP contribution in [-0.4, -0.2) is 43.9 Å². The van der Waals surface area contributed by atoms with E-state index in [0.29, 0.717) is 37.1 Å². The Morgan fingerprint density at radius 2 is 1.89 bits per heavy atom. The van der Waals surface area contributed by atoms with Crippen molar-refractivity contribution in [2.24, 2.45) is 11.8 Å². The number of rotatable bonds is 7. The Labute approximate surface area is 159 Å². The van der Waals surface area contributed by atoms with Crippen molar-refractivity contribution in [2.75, 3.05) is 0 Å². The SMILES string of the molecule is O=C(O)CCc1cn(Cc2ccc(C(=O)NC3C[C@@H]4[C@H](C3)C4(F)F)cc2)nn1. The largest absolute Gasteiger partial charge is 0.481 e. The average molecular weight is 390 g/mol. The van der Waals surface area contributed by atoms with Crippen LogP contribution in [0, 0.1) is 11.8 Å². The number of hydrogen-bond donors (Lipinski definition) is 2. The van der Waals surface area contributed by atoms with Crippen molar-refractivity contribution in [1.29, 1.82) is 0 Å². The fraction of sp³-hybridized carbons (Fsp3) is 0.474. The van der Waals surface area contributed by atoms with Crippen LogP contribution < -0.4 is 5.32 Å². The molecule has 2 aromatic rings. The van der Waals surface area contributed by atoms with Crippen LogP contribution in [-0.2, 0) is 17.8 Å². The summed E-state index contributed by atoms with van der Waals surface area (Å²) in [7, 11) is 0. The minimum atomic E-state index is -2.53. The Kier molecular flexibility index (Phi) is 4.60. The van der Waals surface area contributed by atoms with E-state index in [9.17, 15) is 18.4 Å². The summed E-state index contributed by atoms with van der Waals surface area (Å²) >= 11 is 0. The predicted molar refractivity (Wildman–Crippen MR) is 93.9 cm³/mol. The molecule has 7 nitrogen and oxygen atoms in total. The van der Waals surface area contributed by atoms with E-state index in [4.69, 9.17) is 5.11 Å². The van der Waals surface area contributed by atoms with E-state index >= 15 is 0 Å². The third kappa shape index (κ3) is 3.74. The molecule has 148 valence electrons. The number of carboxylic acid groups (broad SMARTS) is 1. The lowest BCUT2D eigenvalue weighted by Gasteiger charge is -2.16. The number of fused-ring (bicyclic) bond motifs is 1. The molecule has 0 radical (unpaired) electrons. The van der Waals surface area contributed by atoms with Crippen molar-refractivity contribution in [3.05, 3.63) is 47.3 Å². The third-order valence-corrected chi connectivity index (χ3v) is 5.52. The minimum Gasteiger partial charge on any atom is -0.481 e. The standard InChI is InChI=1S/C19H20F2N4O3/c20-19(21)15-7-14(8-16(15)19)22-18(28)12-3-1-11(2-4-12)9-25-10-13(23-24-25)5-6-17(26)27/h1-4,10,14-16H,5-9H2,(H,22,28)(H,26,27)/t14?,15-,16+. The maximum absolute atomic E-state index is 13.2. The van der Waals surface area contributed by atoms with E-state index in [0.717, 1.165) is 5.56 Å². The summed E-state index contributed by atoms with van der Waals surface area (Å²) in [6.07, 6.45) is 2.71. The Balaban J connectivity index is 1.29. The fourth-order valence-corrected chi connectivity index (χ4v) is 3.91. The molecule has 0 aliphatic heterocycles. The van der Waals surface area contributed by atoms with Gasteiger partial charge in [0.15, 0.2) is 0 Å². The van der Waals surface area contributed by atoms with E-state index in [-0.39, 0.29) is 18.4 Å². The molecule has 1 aromatic carbocycles. The van der Waals surface area contributed by atoms with Crippen LogP contribution in [0.2, 0.25) is 0 Å². The number of nitrogens with zero attached hydrogens (tertiary/aromatic N) is 3. The summed E-state index contributed by atoms with van der Waals surface area (Å²) in [5.41, 5.74) is 2.00. The fourth-order valence-electron chi connectivity index (χ4n) is 3.91. The Bertz CT molecular complexity index is 883.